The standard InChI is InChI=1S/C21H16FN5O/c1-14-4-8-17(9-5-14)24-21(28)19-20(15-3-2-12-23-13-15)27(26-25-19)18-10-6-16(22)7-11-18/h2-13H,1H3,(H,24,28). The van der Waals surface area contributed by atoms with Crippen LogP contribution in [0.4, 0.5) is 10.1 Å². The fourth-order valence-corrected chi connectivity index (χ4v) is 2.79. The molecule has 0 bridgehead atoms. The quantitative estimate of drug-likeness (QED) is 0.586. The van der Waals surface area contributed by atoms with Gasteiger partial charge < -0.3 is 5.32 Å². The van der Waals surface area contributed by atoms with Gasteiger partial charge in [0.2, 0.25) is 0 Å². The maximum absolute atomic E-state index is 13.3. The number of halogens is 1. The summed E-state index contributed by atoms with van der Waals surface area (Å²) in [5.74, 6) is -0.750. The van der Waals surface area contributed by atoms with Crippen LogP contribution in [0.1, 0.15) is 16.1 Å². The van der Waals surface area contributed by atoms with E-state index in [0.717, 1.165) is 5.56 Å². The van der Waals surface area contributed by atoms with E-state index in [1.165, 1.54) is 16.8 Å². The number of carbonyl (C=O) groups is 1. The number of carbonyl (C=O) groups excluding carboxylic acids is 1. The van der Waals surface area contributed by atoms with Gasteiger partial charge in [-0.25, -0.2) is 9.07 Å². The van der Waals surface area contributed by atoms with Crippen molar-refractivity contribution >= 4 is 11.6 Å². The lowest BCUT2D eigenvalue weighted by atomic mass is 10.1. The van der Waals surface area contributed by atoms with Crippen molar-refractivity contribution in [3.63, 3.8) is 0 Å². The molecular formula is C21H16FN5O. The number of nitrogens with one attached hydrogen (secondary N) is 1. The Bertz CT molecular complexity index is 1110. The minimum Gasteiger partial charge on any atom is -0.321 e. The molecule has 0 spiro atoms. The van der Waals surface area contributed by atoms with Crippen LogP contribution >= 0.6 is 0 Å². The minimum atomic E-state index is -0.393. The average Bonchev–Trinajstić information content (AvgIpc) is 3.16. The molecule has 28 heavy (non-hydrogen) atoms. The van der Waals surface area contributed by atoms with Gasteiger partial charge in [0.25, 0.3) is 5.91 Å². The van der Waals surface area contributed by atoms with Crippen LogP contribution in [-0.4, -0.2) is 25.9 Å². The molecule has 0 fully saturated rings. The van der Waals surface area contributed by atoms with E-state index < -0.39 is 5.91 Å². The SMILES string of the molecule is Cc1ccc(NC(=O)c2nnn(-c3ccc(F)cc3)c2-c2cccnc2)cc1. The average molecular weight is 373 g/mol. The number of aromatic nitrogens is 4. The zero-order chi connectivity index (χ0) is 19.5. The molecule has 0 aliphatic rings. The van der Waals surface area contributed by atoms with E-state index in [4.69, 9.17) is 0 Å². The second-order valence-corrected chi connectivity index (χ2v) is 6.24. The third-order valence-corrected chi connectivity index (χ3v) is 4.20. The number of pyridine rings is 1. The van der Waals surface area contributed by atoms with Crippen molar-refractivity contribution in [3.8, 4) is 16.9 Å². The Morgan fingerprint density at radius 1 is 1.04 bits per heavy atom. The Labute approximate surface area is 160 Å². The van der Waals surface area contributed by atoms with Crippen LogP contribution in [0.2, 0.25) is 0 Å². The summed E-state index contributed by atoms with van der Waals surface area (Å²) in [7, 11) is 0. The molecule has 0 atom stereocenters. The normalized spacial score (nSPS) is 10.6. The van der Waals surface area contributed by atoms with Crippen LogP contribution in [0.25, 0.3) is 16.9 Å². The molecule has 1 N–H and O–H groups in total. The molecule has 1 amide bonds. The molecule has 0 aliphatic heterocycles. The van der Waals surface area contributed by atoms with Crippen molar-refractivity contribution in [2.75, 3.05) is 5.32 Å². The van der Waals surface area contributed by atoms with Crippen LogP contribution < -0.4 is 5.32 Å². The largest absolute Gasteiger partial charge is 0.321 e. The van der Waals surface area contributed by atoms with Crippen molar-refractivity contribution in [1.82, 2.24) is 20.0 Å². The predicted molar refractivity (Wildman–Crippen MR) is 104 cm³/mol. The Morgan fingerprint density at radius 3 is 2.46 bits per heavy atom. The Balaban J connectivity index is 1.77. The van der Waals surface area contributed by atoms with Gasteiger partial charge in [0.1, 0.15) is 11.5 Å². The van der Waals surface area contributed by atoms with Gasteiger partial charge in [0, 0.05) is 23.6 Å². The summed E-state index contributed by atoms with van der Waals surface area (Å²) < 4.78 is 14.8. The Hall–Kier alpha value is -3.87. The van der Waals surface area contributed by atoms with Gasteiger partial charge in [-0.15, -0.1) is 5.10 Å². The molecule has 0 radical (unpaired) electrons. The van der Waals surface area contributed by atoms with Crippen LogP contribution in [0.3, 0.4) is 0 Å². The molecule has 0 saturated heterocycles. The molecule has 138 valence electrons. The molecular weight excluding hydrogens is 357 g/mol. The van der Waals surface area contributed by atoms with Crippen molar-refractivity contribution in [3.05, 3.63) is 90.1 Å². The van der Waals surface area contributed by atoms with Crippen LogP contribution in [0, 0.1) is 12.7 Å². The number of nitrogens with zero attached hydrogens (tertiary/aromatic N) is 4. The first-order chi connectivity index (χ1) is 13.6. The highest BCUT2D eigenvalue weighted by Gasteiger charge is 2.22. The van der Waals surface area contributed by atoms with Crippen molar-refractivity contribution < 1.29 is 9.18 Å². The van der Waals surface area contributed by atoms with Crippen molar-refractivity contribution in [2.24, 2.45) is 0 Å². The molecule has 0 saturated carbocycles. The topological polar surface area (TPSA) is 72.7 Å². The highest BCUT2D eigenvalue weighted by atomic mass is 19.1. The number of hydrogen-bond donors (Lipinski definition) is 1. The second-order valence-electron chi connectivity index (χ2n) is 6.24. The summed E-state index contributed by atoms with van der Waals surface area (Å²) in [6.45, 7) is 1.97. The van der Waals surface area contributed by atoms with E-state index in [9.17, 15) is 9.18 Å². The monoisotopic (exact) mass is 373 g/mol. The van der Waals surface area contributed by atoms with Gasteiger partial charge in [0.15, 0.2) is 5.69 Å². The zero-order valence-electron chi connectivity index (χ0n) is 15.0. The molecule has 2 heterocycles. The molecule has 4 rings (SSSR count). The highest BCUT2D eigenvalue weighted by molar-refractivity contribution is 6.06. The number of anilines is 1. The lowest BCUT2D eigenvalue weighted by Gasteiger charge is -2.09. The van der Waals surface area contributed by atoms with Crippen LogP contribution in [0.15, 0.2) is 73.1 Å². The first-order valence-electron chi connectivity index (χ1n) is 8.62. The van der Waals surface area contributed by atoms with Gasteiger partial charge >= 0.3 is 0 Å². The fourth-order valence-electron chi connectivity index (χ4n) is 2.79. The smallest absolute Gasteiger partial charge is 0.278 e. The van der Waals surface area contributed by atoms with Gasteiger partial charge in [0.05, 0.1) is 5.69 Å². The highest BCUT2D eigenvalue weighted by Crippen LogP contribution is 2.25. The lowest BCUT2D eigenvalue weighted by Crippen LogP contribution is -2.14. The number of amides is 1. The maximum atomic E-state index is 13.3. The van der Waals surface area contributed by atoms with E-state index in [1.54, 1.807) is 30.6 Å². The van der Waals surface area contributed by atoms with E-state index in [1.807, 2.05) is 37.3 Å². The summed E-state index contributed by atoms with van der Waals surface area (Å²) in [6.07, 6.45) is 3.27. The number of rotatable bonds is 4. The summed E-state index contributed by atoms with van der Waals surface area (Å²) in [5.41, 5.74) is 3.63. The summed E-state index contributed by atoms with van der Waals surface area (Å²) >= 11 is 0. The molecule has 0 unspecified atom stereocenters. The number of hydrogen-bond acceptors (Lipinski definition) is 4. The second kappa shape index (κ2) is 7.40. The first-order valence-corrected chi connectivity index (χ1v) is 8.62. The summed E-state index contributed by atoms with van der Waals surface area (Å²) in [5, 5.41) is 11.0. The van der Waals surface area contributed by atoms with Crippen LogP contribution in [-0.2, 0) is 0 Å². The molecule has 4 aromatic rings. The first kappa shape index (κ1) is 17.5. The van der Waals surface area contributed by atoms with Gasteiger partial charge in [-0.1, -0.05) is 22.9 Å². The van der Waals surface area contributed by atoms with Gasteiger partial charge in [-0.2, -0.15) is 0 Å². The zero-order valence-corrected chi connectivity index (χ0v) is 15.0. The maximum Gasteiger partial charge on any atom is 0.278 e. The number of benzene rings is 2. The molecule has 2 aromatic heterocycles. The third-order valence-electron chi connectivity index (χ3n) is 4.20. The van der Waals surface area contributed by atoms with Gasteiger partial charge in [-0.05, 0) is 55.5 Å². The van der Waals surface area contributed by atoms with Crippen molar-refractivity contribution in [2.45, 2.75) is 6.92 Å². The van der Waals surface area contributed by atoms with Crippen LogP contribution in [0.5, 0.6) is 0 Å². The fraction of sp³-hybridized carbons (Fsp3) is 0.0476. The summed E-state index contributed by atoms with van der Waals surface area (Å²) in [4.78, 5) is 17.0. The Kier molecular flexibility index (Phi) is 4.63. The van der Waals surface area contributed by atoms with E-state index >= 15 is 0 Å². The Morgan fingerprint density at radius 2 is 1.79 bits per heavy atom. The van der Waals surface area contributed by atoms with Gasteiger partial charge in [-0.3, -0.25) is 9.78 Å². The molecule has 2 aromatic carbocycles. The number of aryl methyl sites for hydroxylation is 1. The van der Waals surface area contributed by atoms with E-state index in [2.05, 4.69) is 20.6 Å². The molecule has 0 aliphatic carbocycles. The molecule has 6 nitrogen and oxygen atoms in total. The van der Waals surface area contributed by atoms with E-state index in [-0.39, 0.29) is 11.5 Å². The summed E-state index contributed by atoms with van der Waals surface area (Å²) in [6, 6.07) is 16.8. The minimum absolute atomic E-state index is 0.151. The molecule has 7 heteroatoms. The predicted octanol–water partition coefficient (Wildman–Crippen LogP) is 4.03. The lowest BCUT2D eigenvalue weighted by molar-refractivity contribution is 0.102. The third kappa shape index (κ3) is 3.50. The van der Waals surface area contributed by atoms with Crippen molar-refractivity contribution in [1.29, 1.82) is 0 Å². The van der Waals surface area contributed by atoms with E-state index in [0.29, 0.717) is 22.6 Å².